The van der Waals surface area contributed by atoms with Gasteiger partial charge < -0.3 is 9.64 Å². The SMILES string of the molecule is CC(=O)N1Cc2c(C(=O)OC(C)(C)C)ncn2-c2ccc(F)cc21. The first-order valence-corrected chi connectivity index (χ1v) is 7.55. The molecule has 0 aliphatic carbocycles. The number of nitrogens with zero attached hydrogens (tertiary/aromatic N) is 3. The molecule has 6 nitrogen and oxygen atoms in total. The van der Waals surface area contributed by atoms with Crippen LogP contribution in [0.15, 0.2) is 24.5 Å². The predicted molar refractivity (Wildman–Crippen MR) is 85.6 cm³/mol. The first kappa shape index (κ1) is 16.2. The quantitative estimate of drug-likeness (QED) is 0.754. The van der Waals surface area contributed by atoms with Crippen LogP contribution >= 0.6 is 0 Å². The summed E-state index contributed by atoms with van der Waals surface area (Å²) in [6, 6.07) is 4.16. The number of anilines is 1. The Balaban J connectivity index is 2.10. The molecule has 0 spiro atoms. The van der Waals surface area contributed by atoms with Crippen molar-refractivity contribution in [3.8, 4) is 5.69 Å². The first-order chi connectivity index (χ1) is 11.2. The molecule has 1 aromatic heterocycles. The van der Waals surface area contributed by atoms with Crippen LogP contribution < -0.4 is 4.90 Å². The van der Waals surface area contributed by atoms with Crippen molar-refractivity contribution < 1.29 is 18.7 Å². The highest BCUT2D eigenvalue weighted by Crippen LogP contribution is 2.34. The summed E-state index contributed by atoms with van der Waals surface area (Å²) in [5, 5.41) is 0. The third-order valence-electron chi connectivity index (χ3n) is 3.63. The fraction of sp³-hybridized carbons (Fsp3) is 0.353. The van der Waals surface area contributed by atoms with Crippen LogP contribution in [-0.4, -0.2) is 27.0 Å². The third kappa shape index (κ3) is 2.77. The Kier molecular flexibility index (Phi) is 3.66. The second kappa shape index (κ2) is 5.43. The molecule has 1 aliphatic heterocycles. The highest BCUT2D eigenvalue weighted by atomic mass is 19.1. The molecule has 0 unspecified atom stereocenters. The number of halogens is 1. The lowest BCUT2D eigenvalue weighted by Crippen LogP contribution is -2.34. The number of hydrogen-bond acceptors (Lipinski definition) is 4. The first-order valence-electron chi connectivity index (χ1n) is 7.55. The zero-order valence-corrected chi connectivity index (χ0v) is 14.0. The molecular formula is C17H18FN3O3. The third-order valence-corrected chi connectivity index (χ3v) is 3.63. The second-order valence-electron chi connectivity index (χ2n) is 6.65. The van der Waals surface area contributed by atoms with Gasteiger partial charge in [0.05, 0.1) is 23.6 Å². The Bertz CT molecular complexity index is 836. The summed E-state index contributed by atoms with van der Waals surface area (Å²) in [5.41, 5.74) is 1.09. The van der Waals surface area contributed by atoms with Gasteiger partial charge in [0.1, 0.15) is 17.7 Å². The monoisotopic (exact) mass is 331 g/mol. The fourth-order valence-electron chi connectivity index (χ4n) is 2.66. The lowest BCUT2D eigenvalue weighted by Gasteiger charge is -2.30. The van der Waals surface area contributed by atoms with E-state index in [0.29, 0.717) is 17.1 Å². The maximum Gasteiger partial charge on any atom is 0.359 e. The van der Waals surface area contributed by atoms with E-state index in [1.807, 2.05) is 0 Å². The number of imidazole rings is 1. The topological polar surface area (TPSA) is 64.4 Å². The van der Waals surface area contributed by atoms with Gasteiger partial charge in [0.2, 0.25) is 5.91 Å². The Morgan fingerprint density at radius 2 is 1.96 bits per heavy atom. The van der Waals surface area contributed by atoms with Gasteiger partial charge in [0.25, 0.3) is 0 Å². The Morgan fingerprint density at radius 1 is 1.25 bits per heavy atom. The van der Waals surface area contributed by atoms with Crippen LogP contribution in [0, 0.1) is 5.82 Å². The number of amides is 1. The minimum absolute atomic E-state index is 0.125. The van der Waals surface area contributed by atoms with E-state index in [1.165, 1.54) is 30.3 Å². The van der Waals surface area contributed by atoms with Gasteiger partial charge in [-0.25, -0.2) is 14.2 Å². The largest absolute Gasteiger partial charge is 0.455 e. The molecule has 1 aliphatic rings. The van der Waals surface area contributed by atoms with E-state index >= 15 is 0 Å². The van der Waals surface area contributed by atoms with Gasteiger partial charge in [-0.2, -0.15) is 0 Å². The predicted octanol–water partition coefficient (Wildman–Crippen LogP) is 2.83. The number of ether oxygens (including phenoxy) is 1. The van der Waals surface area contributed by atoms with E-state index in [0.717, 1.165) is 0 Å². The average molecular weight is 331 g/mol. The molecule has 1 amide bonds. The van der Waals surface area contributed by atoms with Crippen LogP contribution in [-0.2, 0) is 16.1 Å². The molecule has 24 heavy (non-hydrogen) atoms. The lowest BCUT2D eigenvalue weighted by atomic mass is 10.1. The smallest absolute Gasteiger partial charge is 0.359 e. The number of esters is 1. The molecule has 2 aromatic rings. The van der Waals surface area contributed by atoms with Crippen LogP contribution in [0.5, 0.6) is 0 Å². The van der Waals surface area contributed by atoms with Gasteiger partial charge in [0, 0.05) is 6.92 Å². The Morgan fingerprint density at radius 3 is 2.58 bits per heavy atom. The van der Waals surface area contributed by atoms with Crippen molar-refractivity contribution in [2.45, 2.75) is 39.8 Å². The molecule has 7 heteroatoms. The molecule has 0 atom stereocenters. The summed E-state index contributed by atoms with van der Waals surface area (Å²) in [5.74, 6) is -1.23. The molecule has 0 bridgehead atoms. The molecule has 0 N–H and O–H groups in total. The fourth-order valence-corrected chi connectivity index (χ4v) is 2.66. The molecular weight excluding hydrogens is 313 g/mol. The molecule has 0 saturated carbocycles. The van der Waals surface area contributed by atoms with Crippen LogP contribution in [0.3, 0.4) is 0 Å². The number of hydrogen-bond donors (Lipinski definition) is 0. The molecule has 1 aromatic carbocycles. The van der Waals surface area contributed by atoms with Crippen LogP contribution in [0.2, 0.25) is 0 Å². The van der Waals surface area contributed by atoms with Gasteiger partial charge in [-0.05, 0) is 39.0 Å². The Labute approximate surface area is 138 Å². The maximum absolute atomic E-state index is 13.6. The van der Waals surface area contributed by atoms with E-state index < -0.39 is 17.4 Å². The highest BCUT2D eigenvalue weighted by Gasteiger charge is 2.31. The van der Waals surface area contributed by atoms with Gasteiger partial charge >= 0.3 is 5.97 Å². The van der Waals surface area contributed by atoms with Gasteiger partial charge in [-0.3, -0.25) is 9.36 Å². The van der Waals surface area contributed by atoms with Crippen molar-refractivity contribution in [2.75, 3.05) is 4.90 Å². The van der Waals surface area contributed by atoms with E-state index in [-0.39, 0.29) is 18.1 Å². The van der Waals surface area contributed by atoms with Crippen molar-refractivity contribution >= 4 is 17.6 Å². The van der Waals surface area contributed by atoms with E-state index in [1.54, 1.807) is 31.4 Å². The van der Waals surface area contributed by atoms with Crippen molar-refractivity contribution in [3.05, 3.63) is 41.7 Å². The molecule has 3 rings (SSSR count). The minimum Gasteiger partial charge on any atom is -0.455 e. The Hall–Kier alpha value is -2.70. The average Bonchev–Trinajstić information content (AvgIpc) is 2.87. The summed E-state index contributed by atoms with van der Waals surface area (Å²) in [6.07, 6.45) is 1.49. The van der Waals surface area contributed by atoms with E-state index in [4.69, 9.17) is 4.74 Å². The molecule has 0 saturated heterocycles. The number of rotatable bonds is 1. The molecule has 0 fully saturated rings. The van der Waals surface area contributed by atoms with E-state index in [2.05, 4.69) is 4.98 Å². The molecule has 2 heterocycles. The maximum atomic E-state index is 13.6. The summed E-state index contributed by atoms with van der Waals surface area (Å²) in [7, 11) is 0. The zero-order chi connectivity index (χ0) is 17.6. The van der Waals surface area contributed by atoms with Crippen molar-refractivity contribution in [3.63, 3.8) is 0 Å². The number of carbonyl (C=O) groups is 2. The van der Waals surface area contributed by atoms with Crippen LogP contribution in [0.25, 0.3) is 5.69 Å². The standard InChI is InChI=1S/C17H18FN3O3/c1-10(22)20-8-14-15(16(23)24-17(2,3)4)19-9-21(14)12-6-5-11(18)7-13(12)20/h5-7,9H,8H2,1-4H3. The number of aromatic nitrogens is 2. The van der Waals surface area contributed by atoms with Crippen molar-refractivity contribution in [1.29, 1.82) is 0 Å². The number of fused-ring (bicyclic) bond motifs is 3. The van der Waals surface area contributed by atoms with Gasteiger partial charge in [-0.1, -0.05) is 0 Å². The summed E-state index contributed by atoms with van der Waals surface area (Å²) in [6.45, 7) is 6.84. The van der Waals surface area contributed by atoms with Gasteiger partial charge in [-0.15, -0.1) is 0 Å². The van der Waals surface area contributed by atoms with Crippen molar-refractivity contribution in [2.24, 2.45) is 0 Å². The zero-order valence-electron chi connectivity index (χ0n) is 14.0. The number of benzene rings is 1. The minimum atomic E-state index is -0.649. The molecule has 126 valence electrons. The summed E-state index contributed by atoms with van der Waals surface area (Å²) >= 11 is 0. The molecule has 0 radical (unpaired) electrons. The van der Waals surface area contributed by atoms with Crippen LogP contribution in [0.1, 0.15) is 43.9 Å². The summed E-state index contributed by atoms with van der Waals surface area (Å²) < 4.78 is 20.7. The second-order valence-corrected chi connectivity index (χ2v) is 6.65. The highest BCUT2D eigenvalue weighted by molar-refractivity contribution is 5.96. The van der Waals surface area contributed by atoms with Crippen molar-refractivity contribution in [1.82, 2.24) is 9.55 Å². The lowest BCUT2D eigenvalue weighted by molar-refractivity contribution is -0.116. The summed E-state index contributed by atoms with van der Waals surface area (Å²) in [4.78, 5) is 29.9. The van der Waals surface area contributed by atoms with E-state index in [9.17, 15) is 14.0 Å². The van der Waals surface area contributed by atoms with Crippen LogP contribution in [0.4, 0.5) is 10.1 Å². The number of carbonyl (C=O) groups excluding carboxylic acids is 2. The van der Waals surface area contributed by atoms with Gasteiger partial charge in [0.15, 0.2) is 5.69 Å². The normalized spacial score (nSPS) is 13.3.